The van der Waals surface area contributed by atoms with E-state index in [1.165, 1.54) is 0 Å². The minimum atomic E-state index is -4.74. The third-order valence-corrected chi connectivity index (χ3v) is 8.41. The molecule has 0 aliphatic carbocycles. The Labute approximate surface area is 333 Å². The summed E-state index contributed by atoms with van der Waals surface area (Å²) in [4.78, 5) is 28.0. The standard InChI is InChI=1S/C40H38F5N3O3S/c1-51-22-21-46-19-17-32(18-20-46)47(24-27-9-11-28(12-10-27)29-13-15-31(16-14-29)40(43,44)45)37(50)25-48-35-8-3-2-6-33(35)36(49)23-38(48)52-26-30-5-4-7-34(41)39(30)42/h2-16,23,32H,17-22,24-26H2,1H3/i1D3,2D,3D,6D,8D,17D2,18D2,19D2,20D2,21D2,22D2,23D,24D2. The zero-order chi connectivity index (χ0) is 56.2. The van der Waals surface area contributed by atoms with Crippen LogP contribution in [0.25, 0.3) is 22.0 Å². The number of para-hydroxylation sites is 1. The van der Waals surface area contributed by atoms with Crippen molar-refractivity contribution in [2.45, 2.75) is 48.8 Å². The van der Waals surface area contributed by atoms with Crippen LogP contribution in [0, 0.1) is 11.6 Å². The molecule has 1 amide bonds. The maximum Gasteiger partial charge on any atom is 0.416 e. The van der Waals surface area contributed by atoms with Gasteiger partial charge >= 0.3 is 6.18 Å². The molecule has 0 N–H and O–H groups in total. The molecular weight excluding hydrogens is 698 g/mol. The summed E-state index contributed by atoms with van der Waals surface area (Å²) in [6, 6.07) is 1.21. The van der Waals surface area contributed by atoms with Crippen molar-refractivity contribution in [3.05, 3.63) is 135 Å². The van der Waals surface area contributed by atoms with Gasteiger partial charge in [-0.05, 0) is 59.7 Å². The van der Waals surface area contributed by atoms with Crippen molar-refractivity contribution in [3.8, 4) is 11.1 Å². The number of fused-ring (bicyclic) bond motifs is 1. The molecule has 0 radical (unpaired) electrons. The van der Waals surface area contributed by atoms with Crippen LogP contribution in [0.15, 0.2) is 107 Å². The Hall–Kier alpha value is -4.52. The molecular formula is C40H38F5N3O3S. The average Bonchev–Trinajstić information content (AvgIpc) is 3.26. The lowest BCUT2D eigenvalue weighted by atomic mass is 10.00. The van der Waals surface area contributed by atoms with Gasteiger partial charge in [-0.3, -0.25) is 9.59 Å². The quantitative estimate of drug-likeness (QED) is 0.0946. The molecule has 5 aromatic rings. The molecule has 6 rings (SSSR count). The first-order chi connectivity index (χ1) is 33.5. The molecule has 1 aliphatic rings. The Morgan fingerprint density at radius 3 is 2.42 bits per heavy atom. The predicted molar refractivity (Wildman–Crippen MR) is 193 cm³/mol. The maximum absolute atomic E-state index is 15.5. The molecule has 12 heteroatoms. The Morgan fingerprint density at radius 2 is 1.73 bits per heavy atom. The van der Waals surface area contributed by atoms with Crippen molar-refractivity contribution >= 4 is 28.6 Å². The van der Waals surface area contributed by atoms with E-state index in [1.54, 1.807) is 0 Å². The van der Waals surface area contributed by atoms with Crippen LogP contribution in [0.3, 0.4) is 0 Å². The molecule has 0 bridgehead atoms. The lowest BCUT2D eigenvalue weighted by molar-refractivity contribution is -0.137. The monoisotopic (exact) mass is 757 g/mol. The van der Waals surface area contributed by atoms with E-state index >= 15 is 4.79 Å². The second kappa shape index (κ2) is 16.4. The Balaban J connectivity index is 1.65. The molecule has 52 heavy (non-hydrogen) atoms. The normalized spacial score (nSPS) is 25.3. The third-order valence-electron chi connectivity index (χ3n) is 7.36. The molecule has 1 saturated heterocycles. The molecule has 0 saturated carbocycles. The summed E-state index contributed by atoms with van der Waals surface area (Å²) >= 11 is 0.292. The van der Waals surface area contributed by atoms with Gasteiger partial charge in [0, 0.05) is 75.5 Å². The van der Waals surface area contributed by atoms with E-state index in [4.69, 9.17) is 21.9 Å². The number of alkyl halides is 3. The number of ether oxygens (including phenoxy) is 1. The number of thioether (sulfide) groups is 1. The first kappa shape index (κ1) is 18.5. The minimum absolute atomic E-state index is 0.0757. The van der Waals surface area contributed by atoms with Crippen molar-refractivity contribution in [1.29, 1.82) is 0 Å². The van der Waals surface area contributed by atoms with Gasteiger partial charge in [0.25, 0.3) is 0 Å². The molecule has 0 atom stereocenters. The van der Waals surface area contributed by atoms with Crippen LogP contribution >= 0.6 is 11.8 Å². The van der Waals surface area contributed by atoms with Gasteiger partial charge in [-0.25, -0.2) is 8.78 Å². The lowest BCUT2D eigenvalue weighted by Crippen LogP contribution is -2.48. The van der Waals surface area contributed by atoms with E-state index in [9.17, 15) is 35.0 Å². The van der Waals surface area contributed by atoms with Crippen molar-refractivity contribution in [2.75, 3.05) is 33.1 Å². The predicted octanol–water partition coefficient (Wildman–Crippen LogP) is 8.40. The first-order valence-corrected chi connectivity index (χ1v) is 15.8. The number of pyridine rings is 1. The van der Waals surface area contributed by atoms with Crippen LogP contribution in [0.4, 0.5) is 22.0 Å². The number of amides is 1. The summed E-state index contributed by atoms with van der Waals surface area (Å²) in [7, 11) is -3.86. The second-order valence-corrected chi connectivity index (χ2v) is 11.6. The van der Waals surface area contributed by atoms with Crippen LogP contribution in [-0.2, 0) is 34.5 Å². The van der Waals surface area contributed by atoms with Gasteiger partial charge in [-0.1, -0.05) is 60.6 Å². The van der Waals surface area contributed by atoms with Crippen molar-refractivity contribution in [1.82, 2.24) is 14.4 Å². The molecule has 1 fully saturated rings. The number of halogens is 5. The highest BCUT2D eigenvalue weighted by Crippen LogP contribution is 2.32. The van der Waals surface area contributed by atoms with Gasteiger partial charge in [0.15, 0.2) is 17.1 Å². The summed E-state index contributed by atoms with van der Waals surface area (Å²) in [6.07, 6.45) is -13.6. The maximum atomic E-state index is 15.5. The van der Waals surface area contributed by atoms with Crippen LogP contribution in [0.2, 0.25) is 0 Å². The van der Waals surface area contributed by atoms with E-state index in [2.05, 4.69) is 4.74 Å². The molecule has 0 unspecified atom stereocenters. The van der Waals surface area contributed by atoms with E-state index in [-0.39, 0.29) is 16.0 Å². The van der Waals surface area contributed by atoms with Crippen LogP contribution in [0.1, 0.15) is 59.6 Å². The summed E-state index contributed by atoms with van der Waals surface area (Å²) in [5.41, 5.74) is -4.44. The van der Waals surface area contributed by atoms with Gasteiger partial charge in [-0.15, -0.1) is 11.8 Å². The first-order valence-electron chi connectivity index (χ1n) is 25.8. The fourth-order valence-corrected chi connectivity index (χ4v) is 5.84. The Morgan fingerprint density at radius 1 is 1.04 bits per heavy atom. The van der Waals surface area contributed by atoms with Crippen LogP contribution < -0.4 is 5.43 Å². The molecule has 6 nitrogen and oxygen atoms in total. The minimum Gasteiger partial charge on any atom is -0.383 e. The largest absolute Gasteiger partial charge is 0.416 e. The van der Waals surface area contributed by atoms with Crippen LogP contribution in [-0.4, -0.2) is 59.4 Å². The number of benzene rings is 4. The molecule has 4 aromatic carbocycles. The zero-order valence-corrected chi connectivity index (χ0v) is 27.0. The van der Waals surface area contributed by atoms with Crippen molar-refractivity contribution in [2.24, 2.45) is 0 Å². The molecule has 0 spiro atoms. The highest BCUT2D eigenvalue weighted by atomic mass is 32.2. The zero-order valence-electron chi connectivity index (χ0n) is 48.2. The number of methoxy groups -OCH3 is 1. The van der Waals surface area contributed by atoms with Gasteiger partial charge < -0.3 is 19.1 Å². The number of carbonyl (C=O) groups excluding carboxylic acids is 1. The van der Waals surface area contributed by atoms with Crippen molar-refractivity contribution in [3.63, 3.8) is 0 Å². The Bertz CT molecular complexity index is 3060. The number of carbonyl (C=O) groups is 1. The SMILES string of the molecule is [2H]c1c([2H])c([2H])c2c(c1[2H])c(=O)c([2H])c(SCc1cccc(F)c1F)n2CC(=O)N(C1C([2H])([2H])C([2H])([2H])N(C([2H])([2H])C([2H])([2H])OC([2H])([2H])[2H])C([2H])([2H])C1([2H])[2H])C([2H])([2H])c1ccc(-c2ccc(C(F)(F)F)cc2)cc1. The smallest absolute Gasteiger partial charge is 0.383 e. The molecule has 2 heterocycles. The van der Waals surface area contributed by atoms with E-state index in [1.807, 2.05) is 0 Å². The summed E-state index contributed by atoms with van der Waals surface area (Å²) in [5.74, 6) is -5.48. The number of hydrogen-bond acceptors (Lipinski definition) is 5. The van der Waals surface area contributed by atoms with Crippen molar-refractivity contribution < 1.29 is 61.6 Å². The fraction of sp³-hybridized carbons (Fsp3) is 0.300. The van der Waals surface area contributed by atoms with E-state index in [0.29, 0.717) is 16.3 Å². The number of hydrogen-bond donors (Lipinski definition) is 0. The lowest BCUT2D eigenvalue weighted by Gasteiger charge is -2.39. The van der Waals surface area contributed by atoms with E-state index < -0.39 is 168 Å². The summed E-state index contributed by atoms with van der Waals surface area (Å²) in [6.45, 7) is -23.4. The van der Waals surface area contributed by atoms with Crippen LogP contribution in [0.5, 0.6) is 0 Å². The summed E-state index contributed by atoms with van der Waals surface area (Å²) < 4.78 is 264. The number of nitrogens with zero attached hydrogens (tertiary/aromatic N) is 3. The average molecular weight is 758 g/mol. The highest BCUT2D eigenvalue weighted by molar-refractivity contribution is 7.98. The Kier molecular flexibility index (Phi) is 5.84. The van der Waals surface area contributed by atoms with E-state index in [0.717, 1.165) is 66.7 Å². The number of likely N-dealkylation sites (tertiary alicyclic amines) is 1. The number of aromatic nitrogens is 1. The molecule has 1 aromatic heterocycles. The highest BCUT2D eigenvalue weighted by Gasteiger charge is 2.31. The third kappa shape index (κ3) is 8.74. The fourth-order valence-electron chi connectivity index (χ4n) is 4.85. The van der Waals surface area contributed by atoms with Gasteiger partial charge in [0.2, 0.25) is 5.91 Å². The number of rotatable bonds is 12. The second-order valence-electron chi connectivity index (χ2n) is 10.7. The number of piperidine rings is 1. The molecule has 272 valence electrons. The van der Waals surface area contributed by atoms with Gasteiger partial charge in [-0.2, -0.15) is 13.2 Å². The molecule has 1 aliphatic heterocycles. The van der Waals surface area contributed by atoms with Gasteiger partial charge in [0.1, 0.15) is 6.54 Å². The summed E-state index contributed by atoms with van der Waals surface area (Å²) in [5, 5.41) is -1.77. The topological polar surface area (TPSA) is 54.8 Å². The van der Waals surface area contributed by atoms with Gasteiger partial charge in [0.05, 0.1) is 39.1 Å².